The fourth-order valence-corrected chi connectivity index (χ4v) is 3.21. The topological polar surface area (TPSA) is 124 Å². The molecule has 2 aromatic carbocycles. The quantitative estimate of drug-likeness (QED) is 0.438. The smallest absolute Gasteiger partial charge is 0.295 e. The molecule has 0 aromatic heterocycles. The van der Waals surface area contributed by atoms with Crippen molar-refractivity contribution in [3.8, 4) is 0 Å². The Bertz CT molecular complexity index is 779. The van der Waals surface area contributed by atoms with Crippen LogP contribution in [0.5, 0.6) is 0 Å². The number of benzene rings is 2. The predicted molar refractivity (Wildman–Crippen MR) is 94.4 cm³/mol. The van der Waals surface area contributed by atoms with E-state index < -0.39 is 15.0 Å². The molecule has 0 atom stereocenters. The molecule has 130 valence electrons. The lowest BCUT2D eigenvalue weighted by Gasteiger charge is -1.98. The van der Waals surface area contributed by atoms with E-state index in [-0.39, 0.29) is 10.6 Å². The third-order valence-corrected chi connectivity index (χ3v) is 4.80. The third kappa shape index (κ3) is 6.75. The number of aryl methyl sites for hydroxylation is 1. The van der Waals surface area contributed by atoms with Gasteiger partial charge in [-0.1, -0.05) is 24.3 Å². The van der Waals surface area contributed by atoms with Gasteiger partial charge in [0.1, 0.15) is 4.90 Å². The standard InChI is InChI=1S/C9H12N2O2.C6H5BrO3S/c10-7-1-2-8-3-5-9(6-4-8)11(12)13;7-5-3-1-2-4-6(5)11(8,9)10/h3-6H,1-2,7,10H2;1-4H,(H,8,9,10). The van der Waals surface area contributed by atoms with Crippen LogP contribution < -0.4 is 5.73 Å². The van der Waals surface area contributed by atoms with Crippen LogP contribution in [-0.4, -0.2) is 24.4 Å². The molecule has 0 fully saturated rings. The second-order valence-electron chi connectivity index (χ2n) is 4.72. The molecule has 9 heteroatoms. The first-order chi connectivity index (χ1) is 11.3. The summed E-state index contributed by atoms with van der Waals surface area (Å²) in [7, 11) is -4.08. The Morgan fingerprint density at radius 3 is 2.12 bits per heavy atom. The summed E-state index contributed by atoms with van der Waals surface area (Å²) in [4.78, 5) is 9.80. The van der Waals surface area contributed by atoms with Crippen molar-refractivity contribution >= 4 is 31.7 Å². The van der Waals surface area contributed by atoms with Crippen LogP contribution >= 0.6 is 15.9 Å². The summed E-state index contributed by atoms with van der Waals surface area (Å²) in [6.07, 6.45) is 1.80. The highest BCUT2D eigenvalue weighted by molar-refractivity contribution is 9.10. The van der Waals surface area contributed by atoms with Crippen LogP contribution in [0.3, 0.4) is 0 Å². The molecule has 0 saturated heterocycles. The van der Waals surface area contributed by atoms with E-state index in [1.807, 2.05) is 0 Å². The number of non-ortho nitro benzene ring substituents is 1. The van der Waals surface area contributed by atoms with Gasteiger partial charge >= 0.3 is 0 Å². The van der Waals surface area contributed by atoms with Gasteiger partial charge in [-0.3, -0.25) is 14.7 Å². The summed E-state index contributed by atoms with van der Waals surface area (Å²) < 4.78 is 30.1. The molecule has 3 N–H and O–H groups in total. The van der Waals surface area contributed by atoms with Crippen LogP contribution in [0.1, 0.15) is 12.0 Å². The van der Waals surface area contributed by atoms with Crippen molar-refractivity contribution in [2.45, 2.75) is 17.7 Å². The third-order valence-electron chi connectivity index (χ3n) is 2.93. The van der Waals surface area contributed by atoms with E-state index in [0.29, 0.717) is 11.0 Å². The molecule has 0 unspecified atom stereocenters. The van der Waals surface area contributed by atoms with Gasteiger partial charge in [0, 0.05) is 16.6 Å². The van der Waals surface area contributed by atoms with Crippen LogP contribution in [0, 0.1) is 10.1 Å². The van der Waals surface area contributed by atoms with Gasteiger partial charge in [-0.2, -0.15) is 8.42 Å². The number of nitro benzene ring substituents is 1. The van der Waals surface area contributed by atoms with Crippen molar-refractivity contribution in [1.82, 2.24) is 0 Å². The van der Waals surface area contributed by atoms with Crippen LogP contribution in [0.2, 0.25) is 0 Å². The molecule has 0 radical (unpaired) electrons. The fraction of sp³-hybridized carbons (Fsp3) is 0.200. The Morgan fingerprint density at radius 1 is 1.12 bits per heavy atom. The average Bonchev–Trinajstić information content (AvgIpc) is 2.53. The zero-order valence-corrected chi connectivity index (χ0v) is 15.0. The van der Waals surface area contributed by atoms with E-state index in [4.69, 9.17) is 10.3 Å². The maximum atomic E-state index is 10.6. The molecule has 0 aliphatic rings. The lowest BCUT2D eigenvalue weighted by Crippen LogP contribution is -2.00. The minimum atomic E-state index is -4.08. The van der Waals surface area contributed by atoms with Crippen LogP contribution in [0.25, 0.3) is 0 Å². The van der Waals surface area contributed by atoms with Gasteiger partial charge in [-0.05, 0) is 53.0 Å². The number of nitrogens with zero attached hydrogens (tertiary/aromatic N) is 1. The van der Waals surface area contributed by atoms with E-state index in [2.05, 4.69) is 15.9 Å². The zero-order chi connectivity index (χ0) is 18.2. The minimum absolute atomic E-state index is 0.111. The average molecular weight is 417 g/mol. The summed E-state index contributed by atoms with van der Waals surface area (Å²) in [5.41, 5.74) is 6.58. The van der Waals surface area contributed by atoms with E-state index in [0.717, 1.165) is 18.4 Å². The SMILES string of the molecule is NCCCc1ccc([N+](=O)[O-])cc1.O=S(=O)(O)c1ccccc1Br. The first-order valence-corrected chi connectivity index (χ1v) is 9.14. The number of nitrogens with two attached hydrogens (primary N) is 1. The number of hydrogen-bond acceptors (Lipinski definition) is 5. The molecule has 0 spiro atoms. The van der Waals surface area contributed by atoms with E-state index in [1.165, 1.54) is 24.3 Å². The van der Waals surface area contributed by atoms with Gasteiger partial charge < -0.3 is 5.73 Å². The molecule has 0 aliphatic heterocycles. The van der Waals surface area contributed by atoms with Crippen molar-refractivity contribution in [3.63, 3.8) is 0 Å². The first kappa shape index (κ1) is 20.2. The Labute approximate surface area is 148 Å². The van der Waals surface area contributed by atoms with Gasteiger partial charge in [0.2, 0.25) is 0 Å². The highest BCUT2D eigenvalue weighted by Crippen LogP contribution is 2.20. The van der Waals surface area contributed by atoms with E-state index >= 15 is 0 Å². The van der Waals surface area contributed by atoms with Gasteiger partial charge in [-0.25, -0.2) is 0 Å². The van der Waals surface area contributed by atoms with Crippen LogP contribution in [-0.2, 0) is 16.5 Å². The van der Waals surface area contributed by atoms with E-state index in [9.17, 15) is 18.5 Å². The number of nitro groups is 1. The second kappa shape index (κ2) is 9.48. The molecule has 0 amide bonds. The minimum Gasteiger partial charge on any atom is -0.330 e. The van der Waals surface area contributed by atoms with Crippen molar-refractivity contribution < 1.29 is 17.9 Å². The lowest BCUT2D eigenvalue weighted by molar-refractivity contribution is -0.384. The summed E-state index contributed by atoms with van der Waals surface area (Å²) in [6.45, 7) is 0.650. The molecule has 0 saturated carbocycles. The van der Waals surface area contributed by atoms with Crippen molar-refractivity contribution in [3.05, 3.63) is 68.7 Å². The lowest BCUT2D eigenvalue weighted by atomic mass is 10.1. The van der Waals surface area contributed by atoms with Gasteiger partial charge in [0.05, 0.1) is 4.92 Å². The molecule has 0 heterocycles. The molecule has 0 aliphatic carbocycles. The largest absolute Gasteiger partial charge is 0.330 e. The maximum absolute atomic E-state index is 10.6. The van der Waals surface area contributed by atoms with Crippen molar-refractivity contribution in [2.75, 3.05) is 6.54 Å². The Hall–Kier alpha value is -1.81. The Kier molecular flexibility index (Phi) is 7.99. The Morgan fingerprint density at radius 2 is 1.71 bits per heavy atom. The van der Waals surface area contributed by atoms with Crippen LogP contribution in [0.4, 0.5) is 5.69 Å². The number of hydrogen-bond donors (Lipinski definition) is 2. The molecular weight excluding hydrogens is 400 g/mol. The molecule has 24 heavy (non-hydrogen) atoms. The second-order valence-corrected chi connectivity index (χ2v) is 6.97. The zero-order valence-electron chi connectivity index (χ0n) is 12.6. The van der Waals surface area contributed by atoms with Crippen molar-refractivity contribution in [1.29, 1.82) is 0 Å². The highest BCUT2D eigenvalue weighted by Gasteiger charge is 2.11. The molecule has 2 rings (SSSR count). The maximum Gasteiger partial charge on any atom is 0.295 e. The monoisotopic (exact) mass is 416 g/mol. The van der Waals surface area contributed by atoms with Gasteiger partial charge in [0.15, 0.2) is 0 Å². The van der Waals surface area contributed by atoms with Crippen molar-refractivity contribution in [2.24, 2.45) is 5.73 Å². The molecule has 0 bridgehead atoms. The summed E-state index contributed by atoms with van der Waals surface area (Å²) in [5, 5.41) is 10.3. The summed E-state index contributed by atoms with van der Waals surface area (Å²) >= 11 is 2.99. The van der Waals surface area contributed by atoms with Gasteiger partial charge in [-0.15, -0.1) is 0 Å². The predicted octanol–water partition coefficient (Wildman–Crippen LogP) is 3.18. The van der Waals surface area contributed by atoms with Gasteiger partial charge in [0.25, 0.3) is 15.8 Å². The summed E-state index contributed by atoms with van der Waals surface area (Å²) in [6, 6.07) is 12.6. The molecule has 7 nitrogen and oxygen atoms in total. The number of rotatable bonds is 5. The molecular formula is C15H17BrN2O5S. The highest BCUT2D eigenvalue weighted by atomic mass is 79.9. The first-order valence-electron chi connectivity index (χ1n) is 6.91. The molecule has 2 aromatic rings. The fourth-order valence-electron chi connectivity index (χ4n) is 1.74. The van der Waals surface area contributed by atoms with E-state index in [1.54, 1.807) is 24.3 Å². The normalized spacial score (nSPS) is 10.6. The van der Waals surface area contributed by atoms with Crippen LogP contribution in [0.15, 0.2) is 57.9 Å². The Balaban J connectivity index is 0.000000243. The number of halogens is 1. The summed E-state index contributed by atoms with van der Waals surface area (Å²) in [5.74, 6) is 0.